The summed E-state index contributed by atoms with van der Waals surface area (Å²) in [6, 6.07) is 12.7. The van der Waals surface area contributed by atoms with Crippen LogP contribution >= 0.6 is 0 Å². The molecular weight excluding hydrogens is 386 g/mol. The number of esters is 1. The normalized spacial score (nSPS) is 11.3. The van der Waals surface area contributed by atoms with Crippen molar-refractivity contribution in [3.8, 4) is 17.2 Å². The Bertz CT molecular complexity index is 834. The summed E-state index contributed by atoms with van der Waals surface area (Å²) in [7, 11) is 1.53. The quantitative estimate of drug-likeness (QED) is 0.439. The second-order valence-corrected chi connectivity index (χ2v) is 6.68. The highest BCUT2D eigenvalue weighted by Gasteiger charge is 2.19. The van der Waals surface area contributed by atoms with E-state index in [1.165, 1.54) is 14.0 Å². The predicted octanol–water partition coefficient (Wildman–Crippen LogP) is 4.13. The zero-order valence-corrected chi connectivity index (χ0v) is 17.9. The molecule has 0 saturated heterocycles. The van der Waals surface area contributed by atoms with Gasteiger partial charge in [0.2, 0.25) is 0 Å². The molecule has 1 amide bonds. The van der Waals surface area contributed by atoms with Crippen molar-refractivity contribution in [1.29, 1.82) is 0 Å². The lowest BCUT2D eigenvalue weighted by Crippen LogP contribution is -2.30. The van der Waals surface area contributed by atoms with E-state index in [1.54, 1.807) is 12.1 Å². The number of rotatable bonds is 11. The fourth-order valence-electron chi connectivity index (χ4n) is 2.67. The molecule has 0 heterocycles. The van der Waals surface area contributed by atoms with Gasteiger partial charge in [-0.05, 0) is 69.2 Å². The molecule has 2 rings (SSSR count). The first-order valence-corrected chi connectivity index (χ1v) is 9.93. The fourth-order valence-corrected chi connectivity index (χ4v) is 2.67. The standard InChI is InChI=1S/C23H29NO6/c1-5-28-18-9-11-19(12-10-18)29-14-6-7-22(25)30-17(3)23(26)24-20-15-16(2)8-13-21(20)27-4/h8-13,15,17H,5-7,14H2,1-4H3,(H,24,26). The van der Waals surface area contributed by atoms with Crippen molar-refractivity contribution in [2.75, 3.05) is 25.6 Å². The van der Waals surface area contributed by atoms with Gasteiger partial charge < -0.3 is 24.3 Å². The Hall–Kier alpha value is -3.22. The van der Waals surface area contributed by atoms with Crippen LogP contribution in [0.2, 0.25) is 0 Å². The molecule has 0 spiro atoms. The molecule has 162 valence electrons. The summed E-state index contributed by atoms with van der Waals surface area (Å²) >= 11 is 0. The number of carbonyl (C=O) groups excluding carboxylic acids is 2. The third kappa shape index (κ3) is 7.31. The Kier molecular flexibility index (Phi) is 9.00. The van der Waals surface area contributed by atoms with Crippen LogP contribution in [0.5, 0.6) is 17.2 Å². The van der Waals surface area contributed by atoms with Crippen molar-refractivity contribution >= 4 is 17.6 Å². The largest absolute Gasteiger partial charge is 0.495 e. The minimum Gasteiger partial charge on any atom is -0.495 e. The van der Waals surface area contributed by atoms with Crippen molar-refractivity contribution in [2.24, 2.45) is 0 Å². The molecule has 0 fully saturated rings. The number of ether oxygens (including phenoxy) is 4. The van der Waals surface area contributed by atoms with E-state index >= 15 is 0 Å². The molecule has 0 bridgehead atoms. The summed E-state index contributed by atoms with van der Waals surface area (Å²) in [4.78, 5) is 24.4. The monoisotopic (exact) mass is 415 g/mol. The van der Waals surface area contributed by atoms with Crippen LogP contribution in [-0.4, -0.2) is 38.3 Å². The predicted molar refractivity (Wildman–Crippen MR) is 114 cm³/mol. The van der Waals surface area contributed by atoms with Crippen molar-refractivity contribution in [3.63, 3.8) is 0 Å². The molecule has 1 N–H and O–H groups in total. The van der Waals surface area contributed by atoms with E-state index in [2.05, 4.69) is 5.32 Å². The number of nitrogens with one attached hydrogen (secondary N) is 1. The Labute approximate surface area is 177 Å². The van der Waals surface area contributed by atoms with Crippen LogP contribution in [0, 0.1) is 6.92 Å². The van der Waals surface area contributed by atoms with Gasteiger partial charge in [0.05, 0.1) is 26.0 Å². The van der Waals surface area contributed by atoms with Crippen molar-refractivity contribution in [2.45, 2.75) is 39.7 Å². The molecule has 0 aliphatic heterocycles. The van der Waals surface area contributed by atoms with E-state index in [4.69, 9.17) is 18.9 Å². The van der Waals surface area contributed by atoms with E-state index in [9.17, 15) is 9.59 Å². The van der Waals surface area contributed by atoms with Gasteiger partial charge in [0.15, 0.2) is 6.10 Å². The van der Waals surface area contributed by atoms with E-state index < -0.39 is 18.0 Å². The van der Waals surface area contributed by atoms with Crippen molar-refractivity contribution < 1.29 is 28.5 Å². The molecule has 0 aromatic heterocycles. The highest BCUT2D eigenvalue weighted by atomic mass is 16.5. The van der Waals surface area contributed by atoms with E-state index in [0.29, 0.717) is 36.8 Å². The number of hydrogen-bond donors (Lipinski definition) is 1. The lowest BCUT2D eigenvalue weighted by atomic mass is 10.2. The average molecular weight is 415 g/mol. The molecule has 1 atom stereocenters. The topological polar surface area (TPSA) is 83.1 Å². The Balaban J connectivity index is 1.72. The minimum absolute atomic E-state index is 0.155. The zero-order chi connectivity index (χ0) is 21.9. The fraction of sp³-hybridized carbons (Fsp3) is 0.391. The second-order valence-electron chi connectivity index (χ2n) is 6.68. The van der Waals surface area contributed by atoms with Gasteiger partial charge in [-0.15, -0.1) is 0 Å². The molecule has 2 aromatic rings. The molecule has 2 aromatic carbocycles. The van der Waals surface area contributed by atoms with Crippen LogP contribution in [0.1, 0.15) is 32.3 Å². The van der Waals surface area contributed by atoms with Gasteiger partial charge in [-0.25, -0.2) is 0 Å². The minimum atomic E-state index is -0.922. The number of carbonyl (C=O) groups is 2. The number of benzene rings is 2. The number of aryl methyl sites for hydroxylation is 1. The summed E-state index contributed by atoms with van der Waals surface area (Å²) < 4.78 is 21.4. The summed E-state index contributed by atoms with van der Waals surface area (Å²) in [5, 5.41) is 2.73. The van der Waals surface area contributed by atoms with E-state index in [-0.39, 0.29) is 6.42 Å². The van der Waals surface area contributed by atoms with Crippen molar-refractivity contribution in [3.05, 3.63) is 48.0 Å². The Morgan fingerprint density at radius 2 is 1.70 bits per heavy atom. The molecule has 30 heavy (non-hydrogen) atoms. The average Bonchev–Trinajstić information content (AvgIpc) is 2.72. The third-order valence-corrected chi connectivity index (χ3v) is 4.22. The summed E-state index contributed by atoms with van der Waals surface area (Å²) in [5.74, 6) is 1.15. The SMILES string of the molecule is CCOc1ccc(OCCCC(=O)OC(C)C(=O)Nc2cc(C)ccc2OC)cc1. The second kappa shape index (κ2) is 11.7. The highest BCUT2D eigenvalue weighted by molar-refractivity contribution is 5.96. The molecule has 0 saturated carbocycles. The van der Waals surface area contributed by atoms with Crippen molar-refractivity contribution in [1.82, 2.24) is 0 Å². The lowest BCUT2D eigenvalue weighted by Gasteiger charge is -2.15. The molecule has 7 heteroatoms. The molecule has 7 nitrogen and oxygen atoms in total. The number of anilines is 1. The van der Waals surface area contributed by atoms with Gasteiger partial charge in [-0.1, -0.05) is 6.07 Å². The molecule has 1 unspecified atom stereocenters. The van der Waals surface area contributed by atoms with Crippen LogP contribution in [0.15, 0.2) is 42.5 Å². The smallest absolute Gasteiger partial charge is 0.306 e. The van der Waals surface area contributed by atoms with E-state index in [1.807, 2.05) is 44.2 Å². The molecular formula is C23H29NO6. The van der Waals surface area contributed by atoms with Crippen LogP contribution in [0.4, 0.5) is 5.69 Å². The number of methoxy groups -OCH3 is 1. The lowest BCUT2D eigenvalue weighted by molar-refractivity contribution is -0.153. The maximum atomic E-state index is 12.3. The summed E-state index contributed by atoms with van der Waals surface area (Å²) in [6.07, 6.45) is -0.288. The maximum Gasteiger partial charge on any atom is 0.306 e. The van der Waals surface area contributed by atoms with Gasteiger partial charge in [0.1, 0.15) is 17.2 Å². The number of hydrogen-bond acceptors (Lipinski definition) is 6. The van der Waals surface area contributed by atoms with Gasteiger partial charge in [0, 0.05) is 6.42 Å². The van der Waals surface area contributed by atoms with Crippen LogP contribution in [0.3, 0.4) is 0 Å². The Morgan fingerprint density at radius 3 is 2.33 bits per heavy atom. The first kappa shape index (κ1) is 23.1. The first-order valence-electron chi connectivity index (χ1n) is 9.93. The highest BCUT2D eigenvalue weighted by Crippen LogP contribution is 2.25. The maximum absolute atomic E-state index is 12.3. The molecule has 0 aliphatic rings. The van der Waals surface area contributed by atoms with Crippen LogP contribution in [0.25, 0.3) is 0 Å². The first-order chi connectivity index (χ1) is 14.4. The molecule has 0 radical (unpaired) electrons. The van der Waals surface area contributed by atoms with Crippen LogP contribution in [-0.2, 0) is 14.3 Å². The zero-order valence-electron chi connectivity index (χ0n) is 17.9. The van der Waals surface area contributed by atoms with E-state index in [0.717, 1.165) is 11.3 Å². The number of amides is 1. The van der Waals surface area contributed by atoms with Crippen LogP contribution < -0.4 is 19.5 Å². The van der Waals surface area contributed by atoms with Gasteiger partial charge >= 0.3 is 5.97 Å². The Morgan fingerprint density at radius 1 is 1.03 bits per heavy atom. The summed E-state index contributed by atoms with van der Waals surface area (Å²) in [6.45, 7) is 6.34. The van der Waals surface area contributed by atoms with Gasteiger partial charge in [-0.3, -0.25) is 9.59 Å². The van der Waals surface area contributed by atoms with Gasteiger partial charge in [0.25, 0.3) is 5.91 Å². The van der Waals surface area contributed by atoms with Gasteiger partial charge in [-0.2, -0.15) is 0 Å². The third-order valence-electron chi connectivity index (χ3n) is 4.22. The summed E-state index contributed by atoms with van der Waals surface area (Å²) in [5.41, 5.74) is 1.51. The molecule has 0 aliphatic carbocycles.